The Balaban J connectivity index is 1.40. The molecular weight excluding hydrogens is 470 g/mol. The van der Waals surface area contributed by atoms with E-state index in [1.165, 1.54) is 6.92 Å². The van der Waals surface area contributed by atoms with E-state index in [0.717, 1.165) is 30.5 Å². The van der Waals surface area contributed by atoms with E-state index in [9.17, 15) is 14.4 Å². The first-order valence-corrected chi connectivity index (χ1v) is 12.8. The minimum absolute atomic E-state index is 0.00954. The number of carbonyl (C=O) groups is 3. The average Bonchev–Trinajstić information content (AvgIpc) is 3.24. The van der Waals surface area contributed by atoms with Gasteiger partial charge >= 0.3 is 0 Å². The van der Waals surface area contributed by atoms with Crippen molar-refractivity contribution in [3.05, 3.63) is 42.1 Å². The van der Waals surface area contributed by atoms with Crippen molar-refractivity contribution in [3.8, 4) is 11.1 Å². The summed E-state index contributed by atoms with van der Waals surface area (Å²) in [6.07, 6.45) is 5.89. The molecule has 0 radical (unpaired) electrons. The summed E-state index contributed by atoms with van der Waals surface area (Å²) >= 11 is 0. The molecule has 0 spiro atoms. The van der Waals surface area contributed by atoms with Crippen molar-refractivity contribution in [2.45, 2.75) is 58.7 Å². The second kappa shape index (κ2) is 9.66. The lowest BCUT2D eigenvalue weighted by molar-refractivity contribution is -0.140. The predicted molar refractivity (Wildman–Crippen MR) is 139 cm³/mol. The summed E-state index contributed by atoms with van der Waals surface area (Å²) in [5.74, 6) is 0.247. The number of aryl methyl sites for hydroxylation is 1. The third-order valence-electron chi connectivity index (χ3n) is 7.61. The summed E-state index contributed by atoms with van der Waals surface area (Å²) < 4.78 is 1.59. The number of carbonyl (C=O) groups excluding carboxylic acids is 3. The van der Waals surface area contributed by atoms with Crippen molar-refractivity contribution in [2.24, 2.45) is 5.41 Å². The summed E-state index contributed by atoms with van der Waals surface area (Å²) in [4.78, 5) is 49.3. The monoisotopic (exact) mass is 503 g/mol. The van der Waals surface area contributed by atoms with E-state index >= 15 is 0 Å². The van der Waals surface area contributed by atoms with Crippen LogP contribution in [0.3, 0.4) is 0 Å². The average molecular weight is 504 g/mol. The van der Waals surface area contributed by atoms with Gasteiger partial charge in [0.15, 0.2) is 5.78 Å². The second-order valence-corrected chi connectivity index (χ2v) is 10.5. The van der Waals surface area contributed by atoms with Gasteiger partial charge in [0.25, 0.3) is 0 Å². The lowest BCUT2D eigenvalue weighted by atomic mass is 10.0. The number of ketones is 1. The fraction of sp³-hybridized carbons (Fsp3) is 0.481. The highest BCUT2D eigenvalue weighted by Gasteiger charge is 2.64. The maximum absolute atomic E-state index is 13.6. The molecule has 0 bridgehead atoms. The molecule has 1 aromatic carbocycles. The van der Waals surface area contributed by atoms with Gasteiger partial charge in [-0.1, -0.05) is 13.0 Å². The van der Waals surface area contributed by atoms with Gasteiger partial charge in [-0.2, -0.15) is 5.10 Å². The van der Waals surface area contributed by atoms with Crippen LogP contribution < -0.4 is 10.6 Å². The van der Waals surface area contributed by atoms with Crippen LogP contribution in [0.25, 0.3) is 22.0 Å². The van der Waals surface area contributed by atoms with Crippen LogP contribution in [0.5, 0.6) is 0 Å². The van der Waals surface area contributed by atoms with Crippen molar-refractivity contribution >= 4 is 28.5 Å². The molecule has 1 aliphatic heterocycles. The highest BCUT2D eigenvalue weighted by atomic mass is 16.2. The van der Waals surface area contributed by atoms with Crippen LogP contribution in [0.15, 0.2) is 30.6 Å². The quantitative estimate of drug-likeness (QED) is 0.339. The lowest BCUT2D eigenvalue weighted by Crippen LogP contribution is -2.49. The van der Waals surface area contributed by atoms with E-state index in [1.54, 1.807) is 22.0 Å². The molecule has 3 atom stereocenters. The van der Waals surface area contributed by atoms with Crippen LogP contribution in [-0.2, 0) is 16.1 Å². The van der Waals surface area contributed by atoms with Gasteiger partial charge in [-0.05, 0) is 62.9 Å². The van der Waals surface area contributed by atoms with Gasteiger partial charge in [-0.25, -0.2) is 9.97 Å². The number of rotatable bonds is 9. The van der Waals surface area contributed by atoms with Gasteiger partial charge in [0.05, 0.1) is 5.52 Å². The Kier molecular flexibility index (Phi) is 6.53. The Morgan fingerprint density at radius 2 is 1.86 bits per heavy atom. The molecular formula is C27H33N7O3. The van der Waals surface area contributed by atoms with Crippen molar-refractivity contribution in [1.82, 2.24) is 35.3 Å². The Bertz CT molecular complexity index is 1370. The van der Waals surface area contributed by atoms with Gasteiger partial charge in [-0.3, -0.25) is 19.1 Å². The highest BCUT2D eigenvalue weighted by molar-refractivity contribution is 6.06. The molecule has 194 valence electrons. The molecule has 5 rings (SSSR count). The normalized spacial score (nSPS) is 22.2. The van der Waals surface area contributed by atoms with E-state index in [1.807, 2.05) is 32.2 Å². The number of fused-ring (bicyclic) bond motifs is 2. The minimum Gasteiger partial charge on any atom is -0.354 e. The van der Waals surface area contributed by atoms with Gasteiger partial charge in [0, 0.05) is 42.9 Å². The number of nitrogens with one attached hydrogen (secondary N) is 2. The number of Topliss-reactive ketones (excluding diaryl/α,β-unsaturated/α-hetero) is 1. The highest BCUT2D eigenvalue weighted by Crippen LogP contribution is 2.59. The van der Waals surface area contributed by atoms with Crippen LogP contribution in [0, 0.1) is 12.3 Å². The standard InChI is InChI=1S/C27H33N7O3/c1-16(35)25-20-10-18(19-13-30-17(2)31-14-19)6-7-21(20)33(32-25)15-24(36)34-22(11-27(3)12-23(27)34)26(37)29-9-5-8-28-4/h6-7,10,13-14,22-23,28H,5,8-9,11-12,15H2,1-4H3,(H,29,37)/t22-,23?,27-/m0/s1. The van der Waals surface area contributed by atoms with E-state index in [4.69, 9.17) is 0 Å². The Morgan fingerprint density at radius 3 is 2.57 bits per heavy atom. The topological polar surface area (TPSA) is 122 Å². The zero-order valence-corrected chi connectivity index (χ0v) is 21.7. The first kappa shape index (κ1) is 25.0. The number of aromatic nitrogens is 4. The van der Waals surface area contributed by atoms with Gasteiger partial charge in [0.1, 0.15) is 24.1 Å². The Labute approximate surface area is 215 Å². The van der Waals surface area contributed by atoms with E-state index < -0.39 is 6.04 Å². The molecule has 10 nitrogen and oxygen atoms in total. The molecule has 10 heteroatoms. The summed E-state index contributed by atoms with van der Waals surface area (Å²) in [6, 6.07) is 5.26. The van der Waals surface area contributed by atoms with Crippen LogP contribution >= 0.6 is 0 Å². The van der Waals surface area contributed by atoms with Gasteiger partial charge in [-0.15, -0.1) is 0 Å². The molecule has 2 aliphatic rings. The minimum atomic E-state index is -0.479. The molecule has 2 fully saturated rings. The molecule has 3 heterocycles. The fourth-order valence-corrected chi connectivity index (χ4v) is 5.45. The largest absolute Gasteiger partial charge is 0.354 e. The number of piperidine rings is 1. The maximum atomic E-state index is 13.6. The van der Waals surface area contributed by atoms with Gasteiger partial charge < -0.3 is 15.5 Å². The molecule has 1 saturated carbocycles. The van der Waals surface area contributed by atoms with Crippen molar-refractivity contribution < 1.29 is 14.4 Å². The molecule has 2 N–H and O–H groups in total. The van der Waals surface area contributed by atoms with E-state index in [-0.39, 0.29) is 35.6 Å². The van der Waals surface area contributed by atoms with Crippen LogP contribution in [0.2, 0.25) is 0 Å². The fourth-order valence-electron chi connectivity index (χ4n) is 5.45. The SMILES string of the molecule is CNCCCNC(=O)[C@@H]1C[C@@]2(C)CC2N1C(=O)Cn1nc(C(C)=O)c2cc(-c3cnc(C)nc3)ccc21. The van der Waals surface area contributed by atoms with Gasteiger partial charge in [0.2, 0.25) is 11.8 Å². The molecule has 3 aromatic rings. The third kappa shape index (κ3) is 4.73. The molecule has 1 aliphatic carbocycles. The Hall–Kier alpha value is -3.66. The van der Waals surface area contributed by atoms with E-state index in [2.05, 4.69) is 32.6 Å². The molecule has 2 amide bonds. The van der Waals surface area contributed by atoms with Crippen LogP contribution in [0.4, 0.5) is 0 Å². The molecule has 1 unspecified atom stereocenters. The van der Waals surface area contributed by atoms with Crippen molar-refractivity contribution in [2.75, 3.05) is 20.1 Å². The number of likely N-dealkylation sites (tertiary alicyclic amines) is 1. The van der Waals surface area contributed by atoms with Crippen LogP contribution in [0.1, 0.15) is 49.4 Å². The maximum Gasteiger partial charge on any atom is 0.245 e. The van der Waals surface area contributed by atoms with Crippen molar-refractivity contribution in [1.29, 1.82) is 0 Å². The smallest absolute Gasteiger partial charge is 0.245 e. The Morgan fingerprint density at radius 1 is 1.11 bits per heavy atom. The third-order valence-corrected chi connectivity index (χ3v) is 7.61. The number of nitrogens with zero attached hydrogens (tertiary/aromatic N) is 5. The number of hydrogen-bond donors (Lipinski definition) is 2. The van der Waals surface area contributed by atoms with Crippen LogP contribution in [-0.4, -0.2) is 74.5 Å². The van der Waals surface area contributed by atoms with Crippen molar-refractivity contribution in [3.63, 3.8) is 0 Å². The second-order valence-electron chi connectivity index (χ2n) is 10.5. The van der Waals surface area contributed by atoms with E-state index in [0.29, 0.717) is 35.4 Å². The predicted octanol–water partition coefficient (Wildman–Crippen LogP) is 2.11. The molecule has 1 saturated heterocycles. The zero-order chi connectivity index (χ0) is 26.3. The lowest BCUT2D eigenvalue weighted by Gasteiger charge is -2.27. The first-order valence-electron chi connectivity index (χ1n) is 12.8. The first-order chi connectivity index (χ1) is 17.7. The summed E-state index contributed by atoms with van der Waals surface area (Å²) in [5.41, 5.74) is 2.70. The molecule has 2 aromatic heterocycles. The zero-order valence-electron chi connectivity index (χ0n) is 21.7. The number of benzene rings is 1. The summed E-state index contributed by atoms with van der Waals surface area (Å²) in [6.45, 7) is 6.79. The number of hydrogen-bond acceptors (Lipinski definition) is 7. The summed E-state index contributed by atoms with van der Waals surface area (Å²) in [7, 11) is 1.88. The molecule has 37 heavy (non-hydrogen) atoms. The number of amides is 2. The summed E-state index contributed by atoms with van der Waals surface area (Å²) in [5, 5.41) is 11.3.